The van der Waals surface area contributed by atoms with Crippen molar-refractivity contribution in [2.24, 2.45) is 10.8 Å². The van der Waals surface area contributed by atoms with Crippen molar-refractivity contribution in [2.45, 2.75) is 66.9 Å². The summed E-state index contributed by atoms with van der Waals surface area (Å²) in [6, 6.07) is 0. The van der Waals surface area contributed by atoms with E-state index < -0.39 is 11.7 Å². The number of ether oxygens (including phenoxy) is 2. The molecule has 0 aromatic rings. The summed E-state index contributed by atoms with van der Waals surface area (Å²) in [5.41, 5.74) is -0.834. The highest BCUT2D eigenvalue weighted by atomic mass is 16.6. The number of esters is 1. The molecule has 21 heavy (non-hydrogen) atoms. The lowest BCUT2D eigenvalue weighted by molar-refractivity contribution is -0.143. The maximum atomic E-state index is 11.7. The Morgan fingerprint density at radius 1 is 0.952 bits per heavy atom. The number of amides is 1. The van der Waals surface area contributed by atoms with Gasteiger partial charge in [-0.25, -0.2) is 4.79 Å². The summed E-state index contributed by atoms with van der Waals surface area (Å²) in [4.78, 5) is 23.1. The third-order valence-corrected chi connectivity index (χ3v) is 2.92. The van der Waals surface area contributed by atoms with Gasteiger partial charge in [-0.05, 0) is 38.0 Å². The second-order valence-corrected chi connectivity index (χ2v) is 8.11. The molecule has 0 heterocycles. The molecule has 0 aromatic carbocycles. The summed E-state index contributed by atoms with van der Waals surface area (Å²) < 4.78 is 9.95. The SMILES string of the molecule is COC(=O)CC(C)(C)CC(C)(C)CNC(=O)OC(C)(C)C. The summed E-state index contributed by atoms with van der Waals surface area (Å²) in [6.07, 6.45) is 0.728. The van der Waals surface area contributed by atoms with Crippen LogP contribution in [-0.2, 0) is 14.3 Å². The van der Waals surface area contributed by atoms with Crippen LogP contribution in [0, 0.1) is 10.8 Å². The van der Waals surface area contributed by atoms with Gasteiger partial charge in [0.2, 0.25) is 0 Å². The van der Waals surface area contributed by atoms with Crippen LogP contribution < -0.4 is 5.32 Å². The van der Waals surface area contributed by atoms with E-state index in [1.165, 1.54) is 7.11 Å². The molecule has 0 rings (SSSR count). The molecule has 1 N–H and O–H groups in total. The van der Waals surface area contributed by atoms with Crippen LogP contribution in [0.25, 0.3) is 0 Å². The molecule has 0 aliphatic carbocycles. The molecule has 124 valence electrons. The fourth-order valence-electron chi connectivity index (χ4n) is 2.51. The van der Waals surface area contributed by atoms with Gasteiger partial charge in [0.05, 0.1) is 13.5 Å². The molecule has 0 unspecified atom stereocenters. The predicted molar refractivity (Wildman–Crippen MR) is 83.0 cm³/mol. The first-order chi connectivity index (χ1) is 9.26. The molecule has 0 aromatic heterocycles. The summed E-state index contributed by atoms with van der Waals surface area (Å²) in [5, 5.41) is 2.79. The maximum absolute atomic E-state index is 11.7. The van der Waals surface area contributed by atoms with Crippen LogP contribution in [0.2, 0.25) is 0 Å². The summed E-state index contributed by atoms with van der Waals surface area (Å²) in [7, 11) is 1.40. The number of alkyl carbamates (subject to hydrolysis) is 1. The number of carbonyl (C=O) groups is 2. The Morgan fingerprint density at radius 3 is 1.90 bits per heavy atom. The molecule has 0 aliphatic rings. The Hall–Kier alpha value is -1.26. The molecule has 5 heteroatoms. The van der Waals surface area contributed by atoms with Gasteiger partial charge in [-0.3, -0.25) is 4.79 Å². The lowest BCUT2D eigenvalue weighted by Crippen LogP contribution is -2.40. The molecule has 5 nitrogen and oxygen atoms in total. The zero-order valence-corrected chi connectivity index (χ0v) is 14.8. The molecular weight excluding hydrogens is 270 g/mol. The normalized spacial score (nSPS) is 12.8. The van der Waals surface area contributed by atoms with Gasteiger partial charge in [0.15, 0.2) is 0 Å². The first kappa shape index (κ1) is 19.7. The Labute approximate surface area is 128 Å². The first-order valence-corrected chi connectivity index (χ1v) is 7.30. The zero-order chi connectivity index (χ0) is 16.9. The van der Waals surface area contributed by atoms with E-state index >= 15 is 0 Å². The Balaban J connectivity index is 4.43. The van der Waals surface area contributed by atoms with Crippen LogP contribution in [-0.4, -0.2) is 31.3 Å². The van der Waals surface area contributed by atoms with Crippen LogP contribution >= 0.6 is 0 Å². The first-order valence-electron chi connectivity index (χ1n) is 7.30. The molecule has 0 fully saturated rings. The van der Waals surface area contributed by atoms with Crippen molar-refractivity contribution in [1.82, 2.24) is 5.32 Å². The van der Waals surface area contributed by atoms with Crippen molar-refractivity contribution in [3.05, 3.63) is 0 Å². The lowest BCUT2D eigenvalue weighted by Gasteiger charge is -2.34. The van der Waals surface area contributed by atoms with Crippen LogP contribution in [0.1, 0.15) is 61.3 Å². The summed E-state index contributed by atoms with van der Waals surface area (Å²) in [5.74, 6) is -0.212. The minimum Gasteiger partial charge on any atom is -0.469 e. The predicted octanol–water partition coefficient (Wildman–Crippen LogP) is 3.52. The lowest BCUT2D eigenvalue weighted by atomic mass is 9.73. The average Bonchev–Trinajstić information content (AvgIpc) is 2.21. The van der Waals surface area contributed by atoms with E-state index in [0.29, 0.717) is 13.0 Å². The minimum atomic E-state index is -0.502. The minimum absolute atomic E-state index is 0.144. The number of hydrogen-bond acceptors (Lipinski definition) is 4. The fourth-order valence-corrected chi connectivity index (χ4v) is 2.51. The second-order valence-electron chi connectivity index (χ2n) is 8.11. The van der Waals surface area contributed by atoms with Crippen LogP contribution in [0.5, 0.6) is 0 Å². The van der Waals surface area contributed by atoms with Crippen LogP contribution in [0.4, 0.5) is 4.79 Å². The number of carbonyl (C=O) groups excluding carboxylic acids is 2. The van der Waals surface area contributed by atoms with Gasteiger partial charge >= 0.3 is 12.1 Å². The van der Waals surface area contributed by atoms with Gasteiger partial charge < -0.3 is 14.8 Å². The number of methoxy groups -OCH3 is 1. The quantitative estimate of drug-likeness (QED) is 0.762. The van der Waals surface area contributed by atoms with E-state index in [-0.39, 0.29) is 16.8 Å². The zero-order valence-electron chi connectivity index (χ0n) is 14.8. The molecule has 0 atom stereocenters. The van der Waals surface area contributed by atoms with E-state index in [2.05, 4.69) is 19.2 Å². The molecule has 0 saturated carbocycles. The summed E-state index contributed by atoms with van der Waals surface area (Å²) >= 11 is 0. The standard InChI is InChI=1S/C16H31NO4/c1-14(2,3)21-13(19)17-11-16(6,7)10-15(4,5)9-12(18)20-8/h9-11H2,1-8H3,(H,17,19). The maximum Gasteiger partial charge on any atom is 0.407 e. The topological polar surface area (TPSA) is 64.6 Å². The van der Waals surface area contributed by atoms with Crippen LogP contribution in [0.15, 0.2) is 0 Å². The molecule has 0 spiro atoms. The summed E-state index contributed by atoms with van der Waals surface area (Å²) in [6.45, 7) is 14.2. The van der Waals surface area contributed by atoms with Crippen molar-refractivity contribution < 1.29 is 19.1 Å². The Morgan fingerprint density at radius 2 is 1.48 bits per heavy atom. The third kappa shape index (κ3) is 10.2. The third-order valence-electron chi connectivity index (χ3n) is 2.92. The highest BCUT2D eigenvalue weighted by Crippen LogP contribution is 2.36. The largest absolute Gasteiger partial charge is 0.469 e. The van der Waals surface area contributed by atoms with Crippen molar-refractivity contribution in [1.29, 1.82) is 0 Å². The molecular formula is C16H31NO4. The van der Waals surface area contributed by atoms with Gasteiger partial charge in [0.25, 0.3) is 0 Å². The van der Waals surface area contributed by atoms with Crippen molar-refractivity contribution in [2.75, 3.05) is 13.7 Å². The van der Waals surface area contributed by atoms with Crippen molar-refractivity contribution >= 4 is 12.1 Å². The monoisotopic (exact) mass is 301 g/mol. The molecule has 0 bridgehead atoms. The fraction of sp³-hybridized carbons (Fsp3) is 0.875. The van der Waals surface area contributed by atoms with E-state index in [1.807, 2.05) is 34.6 Å². The van der Waals surface area contributed by atoms with Gasteiger partial charge in [-0.15, -0.1) is 0 Å². The molecule has 0 aliphatic heterocycles. The van der Waals surface area contributed by atoms with Crippen molar-refractivity contribution in [3.63, 3.8) is 0 Å². The Bertz CT molecular complexity index is 367. The van der Waals surface area contributed by atoms with E-state index in [9.17, 15) is 9.59 Å². The number of nitrogens with one attached hydrogen (secondary N) is 1. The molecule has 1 amide bonds. The van der Waals surface area contributed by atoms with E-state index in [4.69, 9.17) is 9.47 Å². The van der Waals surface area contributed by atoms with Crippen molar-refractivity contribution in [3.8, 4) is 0 Å². The van der Waals surface area contributed by atoms with Gasteiger partial charge in [-0.1, -0.05) is 27.7 Å². The van der Waals surface area contributed by atoms with Gasteiger partial charge in [0, 0.05) is 6.54 Å². The average molecular weight is 301 g/mol. The number of hydrogen-bond donors (Lipinski definition) is 1. The molecule has 0 radical (unpaired) electrons. The number of rotatable bonds is 6. The highest BCUT2D eigenvalue weighted by Gasteiger charge is 2.31. The van der Waals surface area contributed by atoms with Gasteiger partial charge in [-0.2, -0.15) is 0 Å². The highest BCUT2D eigenvalue weighted by molar-refractivity contribution is 5.70. The Kier molecular flexibility index (Phi) is 6.71. The smallest absolute Gasteiger partial charge is 0.407 e. The molecule has 0 saturated heterocycles. The van der Waals surface area contributed by atoms with E-state index in [0.717, 1.165) is 6.42 Å². The van der Waals surface area contributed by atoms with E-state index in [1.54, 1.807) is 0 Å². The van der Waals surface area contributed by atoms with Crippen LogP contribution in [0.3, 0.4) is 0 Å². The second kappa shape index (κ2) is 7.14. The van der Waals surface area contributed by atoms with Gasteiger partial charge in [0.1, 0.15) is 5.60 Å².